The summed E-state index contributed by atoms with van der Waals surface area (Å²) < 4.78 is 15.4. The average Bonchev–Trinajstić information content (AvgIpc) is 3.71. The van der Waals surface area contributed by atoms with Crippen molar-refractivity contribution >= 4 is 66.9 Å². The van der Waals surface area contributed by atoms with E-state index in [-0.39, 0.29) is 0 Å². The molecule has 0 N–H and O–H groups in total. The van der Waals surface area contributed by atoms with Crippen molar-refractivity contribution in [1.82, 2.24) is 4.57 Å². The van der Waals surface area contributed by atoms with E-state index in [4.69, 9.17) is 8.83 Å². The number of aromatic nitrogens is 1. The Hall–Kier alpha value is -5.80. The Bertz CT molecular complexity index is 2410. The molecular formula is C41H29NO2. The van der Waals surface area contributed by atoms with Gasteiger partial charge in [0.1, 0.15) is 11.3 Å². The van der Waals surface area contributed by atoms with Gasteiger partial charge in [0, 0.05) is 38.2 Å². The van der Waals surface area contributed by atoms with Gasteiger partial charge >= 0.3 is 0 Å². The second-order valence-corrected chi connectivity index (χ2v) is 10.9. The second kappa shape index (κ2) is 10.5. The van der Waals surface area contributed by atoms with E-state index >= 15 is 0 Å². The van der Waals surface area contributed by atoms with Crippen molar-refractivity contribution in [2.75, 3.05) is 0 Å². The Balaban J connectivity index is 1.32. The highest BCUT2D eigenvalue weighted by atomic mass is 16.4. The lowest BCUT2D eigenvalue weighted by molar-refractivity contribution is 0.590. The highest BCUT2D eigenvalue weighted by Gasteiger charge is 2.19. The molecular weight excluding hydrogens is 538 g/mol. The third-order valence-corrected chi connectivity index (χ3v) is 8.37. The molecule has 1 aliphatic carbocycles. The number of allylic oxidation sites excluding steroid dienone is 11. The summed E-state index contributed by atoms with van der Waals surface area (Å²) in [5, 5.41) is 5.59. The smallest absolute Gasteiger partial charge is 0.178 e. The quantitative estimate of drug-likeness (QED) is 0.213. The molecule has 0 radical (unpaired) electrons. The molecule has 0 fully saturated rings. The first-order chi connectivity index (χ1) is 21.7. The van der Waals surface area contributed by atoms with Crippen LogP contribution < -0.4 is 0 Å². The van der Waals surface area contributed by atoms with E-state index in [1.807, 2.05) is 43.4 Å². The monoisotopic (exact) mass is 567 g/mol. The van der Waals surface area contributed by atoms with E-state index in [2.05, 4.69) is 120 Å². The van der Waals surface area contributed by atoms with Crippen molar-refractivity contribution in [3.63, 3.8) is 0 Å². The Morgan fingerprint density at radius 2 is 1.36 bits per heavy atom. The molecule has 3 nitrogen and oxygen atoms in total. The van der Waals surface area contributed by atoms with Gasteiger partial charge in [-0.2, -0.15) is 0 Å². The van der Waals surface area contributed by atoms with Crippen LogP contribution in [0.15, 0.2) is 160 Å². The van der Waals surface area contributed by atoms with Crippen molar-refractivity contribution in [1.29, 1.82) is 0 Å². The summed E-state index contributed by atoms with van der Waals surface area (Å²) in [6.45, 7) is 6.02. The Morgan fingerprint density at radius 3 is 2.14 bits per heavy atom. The Labute approximate surface area is 255 Å². The first-order valence-corrected chi connectivity index (χ1v) is 14.8. The van der Waals surface area contributed by atoms with E-state index in [0.717, 1.165) is 61.1 Å². The molecule has 0 unspecified atom stereocenters. The van der Waals surface area contributed by atoms with Crippen LogP contribution in [0, 0.1) is 0 Å². The van der Waals surface area contributed by atoms with Gasteiger partial charge in [-0.1, -0.05) is 104 Å². The maximum atomic E-state index is 6.53. The lowest BCUT2D eigenvalue weighted by Crippen LogP contribution is -1.93. The topological polar surface area (TPSA) is 31.2 Å². The molecule has 0 bridgehead atoms. The van der Waals surface area contributed by atoms with Crippen molar-refractivity contribution in [3.05, 3.63) is 163 Å². The van der Waals surface area contributed by atoms with Crippen molar-refractivity contribution in [2.24, 2.45) is 0 Å². The predicted molar refractivity (Wildman–Crippen MR) is 186 cm³/mol. The molecule has 7 aromatic rings. The van der Waals surface area contributed by atoms with Gasteiger partial charge in [-0.3, -0.25) is 0 Å². The largest absolute Gasteiger partial charge is 0.452 e. The maximum Gasteiger partial charge on any atom is 0.178 e. The van der Waals surface area contributed by atoms with E-state index in [1.165, 1.54) is 21.8 Å². The van der Waals surface area contributed by atoms with Gasteiger partial charge in [0.25, 0.3) is 0 Å². The molecule has 4 aromatic carbocycles. The summed E-state index contributed by atoms with van der Waals surface area (Å²) in [4.78, 5) is 0. The maximum absolute atomic E-state index is 6.53. The summed E-state index contributed by atoms with van der Waals surface area (Å²) in [6, 6.07) is 27.9. The van der Waals surface area contributed by atoms with Crippen molar-refractivity contribution in [3.8, 4) is 5.69 Å². The summed E-state index contributed by atoms with van der Waals surface area (Å²) in [6.07, 6.45) is 22.4. The lowest BCUT2D eigenvalue weighted by Gasteiger charge is -2.07. The van der Waals surface area contributed by atoms with Gasteiger partial charge < -0.3 is 13.4 Å². The molecule has 3 heteroatoms. The average molecular weight is 568 g/mol. The zero-order valence-electron chi connectivity index (χ0n) is 24.3. The molecule has 44 heavy (non-hydrogen) atoms. The minimum Gasteiger partial charge on any atom is -0.452 e. The van der Waals surface area contributed by atoms with Crippen LogP contribution in [0.25, 0.3) is 72.6 Å². The third kappa shape index (κ3) is 4.05. The van der Waals surface area contributed by atoms with Crippen LogP contribution in [-0.4, -0.2) is 4.57 Å². The first-order valence-electron chi connectivity index (χ1n) is 14.8. The summed E-state index contributed by atoms with van der Waals surface area (Å²) in [7, 11) is 0. The molecule has 0 aliphatic heterocycles. The Kier molecular flexibility index (Phi) is 6.16. The summed E-state index contributed by atoms with van der Waals surface area (Å²) >= 11 is 0. The molecule has 0 atom stereocenters. The fraction of sp³-hybridized carbons (Fsp3) is 0.0244. The predicted octanol–water partition coefficient (Wildman–Crippen LogP) is 11.6. The zero-order valence-corrected chi connectivity index (χ0v) is 24.3. The molecule has 210 valence electrons. The van der Waals surface area contributed by atoms with Gasteiger partial charge in [0.05, 0.1) is 11.0 Å². The van der Waals surface area contributed by atoms with Crippen LogP contribution in [0.3, 0.4) is 0 Å². The van der Waals surface area contributed by atoms with Crippen LogP contribution in [0.2, 0.25) is 0 Å². The summed E-state index contributed by atoms with van der Waals surface area (Å²) in [5.41, 5.74) is 8.95. The third-order valence-electron chi connectivity index (χ3n) is 8.37. The minimum absolute atomic E-state index is 0.748. The molecule has 0 amide bonds. The molecule has 0 saturated carbocycles. The Morgan fingerprint density at radius 1 is 0.636 bits per heavy atom. The van der Waals surface area contributed by atoms with Crippen LogP contribution in [0.5, 0.6) is 0 Å². The fourth-order valence-corrected chi connectivity index (χ4v) is 6.37. The van der Waals surface area contributed by atoms with Crippen molar-refractivity contribution in [2.45, 2.75) is 6.92 Å². The number of furan rings is 2. The number of nitrogens with zero attached hydrogens (tertiary/aromatic N) is 1. The minimum atomic E-state index is 0.748. The number of rotatable bonds is 3. The van der Waals surface area contributed by atoms with Crippen LogP contribution in [0.4, 0.5) is 0 Å². The standard InChI is InChI=1S/C41H29NO2/c1-3-13-28-15-12-18-32-33-23-24-34-35-26-29(42-36-19-10-8-16-30(36)31-17-9-11-20-37(31)42)22-25-39(35)44-41(34)40(33)43-38(32)21-7-5-6-14-27(28)4-2/h3-26H,2H2,1H3/b6-5+,7-5?,13-3-,14-6?,15-12?,18-12+,21-7-,27-14-,28-15+,28-27?,32-18?,38-21?. The van der Waals surface area contributed by atoms with E-state index in [0.29, 0.717) is 0 Å². The van der Waals surface area contributed by atoms with Crippen LogP contribution in [-0.2, 0) is 0 Å². The molecule has 0 spiro atoms. The number of hydrogen-bond acceptors (Lipinski definition) is 2. The van der Waals surface area contributed by atoms with Crippen LogP contribution in [0.1, 0.15) is 18.2 Å². The number of benzene rings is 4. The van der Waals surface area contributed by atoms with Crippen molar-refractivity contribution < 1.29 is 8.83 Å². The molecule has 1 aliphatic rings. The zero-order chi connectivity index (χ0) is 29.6. The second-order valence-electron chi connectivity index (χ2n) is 10.9. The first kappa shape index (κ1) is 25.9. The number of para-hydroxylation sites is 2. The summed E-state index contributed by atoms with van der Waals surface area (Å²) in [5.74, 6) is 0.786. The normalized spacial score (nSPS) is 18.6. The van der Waals surface area contributed by atoms with Gasteiger partial charge in [0.15, 0.2) is 11.2 Å². The molecule has 3 aromatic heterocycles. The van der Waals surface area contributed by atoms with Gasteiger partial charge in [-0.25, -0.2) is 0 Å². The lowest BCUT2D eigenvalue weighted by atomic mass is 10.0. The van der Waals surface area contributed by atoms with E-state index in [9.17, 15) is 0 Å². The SMILES string of the molecule is C=C\C1=C\C=C\C=C/c2oc3c(ccc4c5cc(-n6c7ccccc7c7ccccc76)ccc5oc43)c2/C=C/C=C1\C=C/C. The highest BCUT2D eigenvalue weighted by molar-refractivity contribution is 6.16. The highest BCUT2D eigenvalue weighted by Crippen LogP contribution is 2.40. The van der Waals surface area contributed by atoms with Gasteiger partial charge in [-0.05, 0) is 66.6 Å². The van der Waals surface area contributed by atoms with E-state index in [1.54, 1.807) is 0 Å². The molecule has 0 saturated heterocycles. The van der Waals surface area contributed by atoms with Gasteiger partial charge in [-0.15, -0.1) is 0 Å². The molecule has 3 heterocycles. The van der Waals surface area contributed by atoms with Crippen LogP contribution >= 0.6 is 0 Å². The van der Waals surface area contributed by atoms with Gasteiger partial charge in [0.2, 0.25) is 0 Å². The molecule has 8 rings (SSSR count). The van der Waals surface area contributed by atoms with E-state index < -0.39 is 0 Å². The fourth-order valence-electron chi connectivity index (χ4n) is 6.37. The number of hydrogen-bond donors (Lipinski definition) is 0. The number of fused-ring (bicyclic) bond motifs is 10.